The van der Waals surface area contributed by atoms with Gasteiger partial charge >= 0.3 is 0 Å². The fourth-order valence-corrected chi connectivity index (χ4v) is 2.48. The molecule has 4 nitrogen and oxygen atoms in total. The average molecular weight is 379 g/mol. The summed E-state index contributed by atoms with van der Waals surface area (Å²) < 4.78 is 13.4. The lowest BCUT2D eigenvalue weighted by molar-refractivity contribution is -0.122. The molecular formula is C17H16BrFN2O2. The van der Waals surface area contributed by atoms with Crippen molar-refractivity contribution in [3.63, 3.8) is 0 Å². The zero-order valence-corrected chi connectivity index (χ0v) is 14.1. The van der Waals surface area contributed by atoms with Crippen molar-refractivity contribution in [1.82, 2.24) is 10.6 Å². The summed E-state index contributed by atoms with van der Waals surface area (Å²) in [7, 11) is 0. The highest BCUT2D eigenvalue weighted by atomic mass is 79.9. The van der Waals surface area contributed by atoms with Crippen LogP contribution in [0, 0.1) is 5.82 Å². The minimum atomic E-state index is -0.705. The molecule has 1 unspecified atom stereocenters. The number of rotatable bonds is 5. The second-order valence-electron chi connectivity index (χ2n) is 5.02. The van der Waals surface area contributed by atoms with E-state index in [1.807, 2.05) is 30.3 Å². The van der Waals surface area contributed by atoms with Crippen molar-refractivity contribution in [1.29, 1.82) is 0 Å². The van der Waals surface area contributed by atoms with Crippen LogP contribution < -0.4 is 10.6 Å². The number of hydrogen-bond donors (Lipinski definition) is 2. The van der Waals surface area contributed by atoms with Gasteiger partial charge in [-0.2, -0.15) is 0 Å². The van der Waals surface area contributed by atoms with Gasteiger partial charge in [0.2, 0.25) is 5.91 Å². The molecule has 0 aliphatic carbocycles. The van der Waals surface area contributed by atoms with Crippen molar-refractivity contribution in [3.8, 4) is 0 Å². The Hall–Kier alpha value is -2.21. The molecule has 0 spiro atoms. The van der Waals surface area contributed by atoms with Crippen LogP contribution in [0.2, 0.25) is 0 Å². The van der Waals surface area contributed by atoms with Crippen molar-refractivity contribution in [2.24, 2.45) is 0 Å². The van der Waals surface area contributed by atoms with E-state index in [-0.39, 0.29) is 11.5 Å². The third-order valence-electron chi connectivity index (χ3n) is 3.23. The summed E-state index contributed by atoms with van der Waals surface area (Å²) in [4.78, 5) is 24.1. The van der Waals surface area contributed by atoms with E-state index in [2.05, 4.69) is 26.6 Å². The normalized spacial score (nSPS) is 11.6. The summed E-state index contributed by atoms with van der Waals surface area (Å²) >= 11 is 3.13. The molecule has 0 aliphatic heterocycles. The SMILES string of the molecule is CC(NC(=O)c1ccc(F)cc1Br)C(=O)NCc1ccccc1. The Morgan fingerprint density at radius 3 is 2.52 bits per heavy atom. The van der Waals surface area contributed by atoms with Crippen LogP contribution in [0.25, 0.3) is 0 Å². The maximum absolute atomic E-state index is 13.0. The molecule has 23 heavy (non-hydrogen) atoms. The molecule has 0 fully saturated rings. The van der Waals surface area contributed by atoms with Gasteiger partial charge in [-0.05, 0) is 46.6 Å². The van der Waals surface area contributed by atoms with E-state index in [1.165, 1.54) is 18.2 Å². The number of hydrogen-bond acceptors (Lipinski definition) is 2. The Balaban J connectivity index is 1.91. The number of carbonyl (C=O) groups excluding carboxylic acids is 2. The first-order valence-corrected chi connectivity index (χ1v) is 7.84. The topological polar surface area (TPSA) is 58.2 Å². The molecule has 2 amide bonds. The Labute approximate surface area is 142 Å². The van der Waals surface area contributed by atoms with Crippen LogP contribution in [0.1, 0.15) is 22.8 Å². The molecule has 0 saturated heterocycles. The van der Waals surface area contributed by atoms with Gasteiger partial charge in [-0.15, -0.1) is 0 Å². The molecule has 0 aromatic heterocycles. The molecule has 0 bridgehead atoms. The van der Waals surface area contributed by atoms with Crippen LogP contribution in [0.5, 0.6) is 0 Å². The Kier molecular flexibility index (Phi) is 5.87. The molecule has 6 heteroatoms. The van der Waals surface area contributed by atoms with Gasteiger partial charge in [0.25, 0.3) is 5.91 Å². The van der Waals surface area contributed by atoms with Crippen LogP contribution in [-0.4, -0.2) is 17.9 Å². The quantitative estimate of drug-likeness (QED) is 0.839. The van der Waals surface area contributed by atoms with Crippen LogP contribution in [0.3, 0.4) is 0 Å². The summed E-state index contributed by atoms with van der Waals surface area (Å²) in [6, 6.07) is 12.5. The van der Waals surface area contributed by atoms with Crippen molar-refractivity contribution in [2.45, 2.75) is 19.5 Å². The molecule has 0 heterocycles. The highest BCUT2D eigenvalue weighted by Gasteiger charge is 2.18. The van der Waals surface area contributed by atoms with Crippen molar-refractivity contribution >= 4 is 27.7 Å². The van der Waals surface area contributed by atoms with Gasteiger partial charge in [-0.3, -0.25) is 9.59 Å². The second-order valence-corrected chi connectivity index (χ2v) is 5.88. The van der Waals surface area contributed by atoms with Crippen LogP contribution >= 0.6 is 15.9 Å². The first-order chi connectivity index (χ1) is 11.0. The largest absolute Gasteiger partial charge is 0.350 e. The maximum Gasteiger partial charge on any atom is 0.253 e. The molecule has 0 radical (unpaired) electrons. The lowest BCUT2D eigenvalue weighted by Crippen LogP contribution is -2.44. The van der Waals surface area contributed by atoms with Gasteiger partial charge in [0.15, 0.2) is 0 Å². The Morgan fingerprint density at radius 1 is 1.17 bits per heavy atom. The van der Waals surface area contributed by atoms with Gasteiger partial charge in [0.1, 0.15) is 11.9 Å². The standard InChI is InChI=1S/C17H16BrFN2O2/c1-11(16(22)20-10-12-5-3-2-4-6-12)21-17(23)14-8-7-13(19)9-15(14)18/h2-9,11H,10H2,1H3,(H,20,22)(H,21,23). The molecular weight excluding hydrogens is 363 g/mol. The summed E-state index contributed by atoms with van der Waals surface area (Å²) in [5, 5.41) is 5.34. The molecule has 2 rings (SSSR count). The molecule has 1 atom stereocenters. The van der Waals surface area contributed by atoms with Gasteiger partial charge in [-0.1, -0.05) is 30.3 Å². The van der Waals surface area contributed by atoms with Gasteiger partial charge < -0.3 is 10.6 Å². The maximum atomic E-state index is 13.0. The lowest BCUT2D eigenvalue weighted by atomic mass is 10.2. The number of halogens is 2. The van der Waals surface area contributed by atoms with Crippen molar-refractivity contribution < 1.29 is 14.0 Å². The number of amides is 2. The second kappa shape index (κ2) is 7.87. The lowest BCUT2D eigenvalue weighted by Gasteiger charge is -2.15. The predicted octanol–water partition coefficient (Wildman–Crippen LogP) is 3.02. The van der Waals surface area contributed by atoms with E-state index in [0.717, 1.165) is 5.56 Å². The van der Waals surface area contributed by atoms with Crippen LogP contribution in [0.15, 0.2) is 53.0 Å². The van der Waals surface area contributed by atoms with Gasteiger partial charge in [0, 0.05) is 11.0 Å². The highest BCUT2D eigenvalue weighted by molar-refractivity contribution is 9.10. The van der Waals surface area contributed by atoms with Gasteiger partial charge in [-0.25, -0.2) is 4.39 Å². The van der Waals surface area contributed by atoms with E-state index in [1.54, 1.807) is 6.92 Å². The zero-order chi connectivity index (χ0) is 16.8. The molecule has 2 N–H and O–H groups in total. The van der Waals surface area contributed by atoms with Crippen LogP contribution in [-0.2, 0) is 11.3 Å². The van der Waals surface area contributed by atoms with E-state index in [0.29, 0.717) is 11.0 Å². The fraction of sp³-hybridized carbons (Fsp3) is 0.176. The minimum Gasteiger partial charge on any atom is -0.350 e. The van der Waals surface area contributed by atoms with E-state index in [9.17, 15) is 14.0 Å². The Morgan fingerprint density at radius 2 is 1.87 bits per heavy atom. The fourth-order valence-electron chi connectivity index (χ4n) is 1.95. The summed E-state index contributed by atoms with van der Waals surface area (Å²) in [6.07, 6.45) is 0. The van der Waals surface area contributed by atoms with E-state index in [4.69, 9.17) is 0 Å². The average Bonchev–Trinajstić information content (AvgIpc) is 2.53. The third-order valence-corrected chi connectivity index (χ3v) is 3.88. The van der Waals surface area contributed by atoms with E-state index < -0.39 is 17.8 Å². The van der Waals surface area contributed by atoms with Crippen molar-refractivity contribution in [2.75, 3.05) is 0 Å². The zero-order valence-electron chi connectivity index (χ0n) is 12.5. The third kappa shape index (κ3) is 4.89. The molecule has 0 saturated carbocycles. The Bertz CT molecular complexity index is 707. The number of benzene rings is 2. The van der Waals surface area contributed by atoms with Crippen molar-refractivity contribution in [3.05, 3.63) is 69.9 Å². The smallest absolute Gasteiger partial charge is 0.253 e. The minimum absolute atomic E-state index is 0.272. The monoisotopic (exact) mass is 378 g/mol. The first kappa shape index (κ1) is 17.1. The molecule has 120 valence electrons. The van der Waals surface area contributed by atoms with Crippen LogP contribution in [0.4, 0.5) is 4.39 Å². The summed E-state index contributed by atoms with van der Waals surface area (Å²) in [6.45, 7) is 1.98. The van der Waals surface area contributed by atoms with E-state index >= 15 is 0 Å². The number of nitrogens with one attached hydrogen (secondary N) is 2. The molecule has 0 aliphatic rings. The summed E-state index contributed by atoms with van der Waals surface area (Å²) in [5.74, 6) is -1.18. The first-order valence-electron chi connectivity index (χ1n) is 7.05. The highest BCUT2D eigenvalue weighted by Crippen LogP contribution is 2.18. The molecule has 2 aromatic rings. The van der Waals surface area contributed by atoms with Gasteiger partial charge in [0.05, 0.1) is 5.56 Å². The summed E-state index contributed by atoms with van der Waals surface area (Å²) in [5.41, 5.74) is 1.25. The molecule has 2 aromatic carbocycles. The predicted molar refractivity (Wildman–Crippen MR) is 89.3 cm³/mol. The number of carbonyl (C=O) groups is 2.